The van der Waals surface area contributed by atoms with Crippen LogP contribution in [0.2, 0.25) is 10.0 Å². The normalized spacial score (nSPS) is 18.3. The van der Waals surface area contributed by atoms with Crippen LogP contribution >= 0.6 is 23.2 Å². The van der Waals surface area contributed by atoms with E-state index in [1.807, 2.05) is 36.4 Å². The smallest absolute Gasteiger partial charge is 0.252 e. The van der Waals surface area contributed by atoms with Crippen molar-refractivity contribution in [3.05, 3.63) is 93.7 Å². The van der Waals surface area contributed by atoms with Crippen molar-refractivity contribution in [1.29, 1.82) is 0 Å². The van der Waals surface area contributed by atoms with E-state index < -0.39 is 5.54 Å². The van der Waals surface area contributed by atoms with Gasteiger partial charge in [0.25, 0.3) is 5.91 Å². The molecule has 0 saturated heterocycles. The molecule has 1 aliphatic heterocycles. The number of rotatable bonds is 3. The number of carbonyl (C=O) groups is 1. The number of ether oxygens (including phenoxy) is 1. The van der Waals surface area contributed by atoms with Gasteiger partial charge in [-0.1, -0.05) is 47.5 Å². The second kappa shape index (κ2) is 7.22. The number of halogens is 2. The molecular weight excluding hydrogens is 383 g/mol. The molecule has 0 fully saturated rings. The third-order valence-corrected chi connectivity index (χ3v) is 5.42. The summed E-state index contributed by atoms with van der Waals surface area (Å²) in [6, 6.07) is 18.1. The standard InChI is InChI=1S/C21H16Cl2N2O2/c22-16-9-8-15(13-17(16)23)21(25-20(26)14-5-2-1-3-6-14)10-12-27-18-7-4-11-24-19(18)21/h1-9,11,13H,10,12H2,(H,25,26). The number of amides is 1. The minimum Gasteiger partial charge on any atom is -0.491 e. The molecule has 4 rings (SSSR count). The first kappa shape index (κ1) is 17.8. The van der Waals surface area contributed by atoms with Gasteiger partial charge in [0.2, 0.25) is 0 Å². The number of hydrogen-bond acceptors (Lipinski definition) is 3. The third kappa shape index (κ3) is 3.27. The molecule has 136 valence electrons. The van der Waals surface area contributed by atoms with Crippen molar-refractivity contribution < 1.29 is 9.53 Å². The maximum Gasteiger partial charge on any atom is 0.252 e. The quantitative estimate of drug-likeness (QED) is 0.686. The number of hydrogen-bond donors (Lipinski definition) is 1. The van der Waals surface area contributed by atoms with E-state index in [-0.39, 0.29) is 5.91 Å². The maximum atomic E-state index is 13.0. The maximum absolute atomic E-state index is 13.0. The van der Waals surface area contributed by atoms with Crippen molar-refractivity contribution in [2.45, 2.75) is 12.0 Å². The third-order valence-electron chi connectivity index (χ3n) is 4.68. The topological polar surface area (TPSA) is 51.2 Å². The lowest BCUT2D eigenvalue weighted by Crippen LogP contribution is -2.50. The summed E-state index contributed by atoms with van der Waals surface area (Å²) in [6.07, 6.45) is 2.21. The van der Waals surface area contributed by atoms with Crippen molar-refractivity contribution in [2.75, 3.05) is 6.61 Å². The lowest BCUT2D eigenvalue weighted by molar-refractivity contribution is 0.0883. The summed E-state index contributed by atoms with van der Waals surface area (Å²) in [6.45, 7) is 0.439. The number of nitrogens with one attached hydrogen (secondary N) is 1. The van der Waals surface area contributed by atoms with Gasteiger partial charge in [-0.05, 0) is 42.0 Å². The summed E-state index contributed by atoms with van der Waals surface area (Å²) >= 11 is 12.4. The first-order valence-electron chi connectivity index (χ1n) is 8.51. The zero-order valence-electron chi connectivity index (χ0n) is 14.3. The van der Waals surface area contributed by atoms with Gasteiger partial charge in [-0.15, -0.1) is 0 Å². The van der Waals surface area contributed by atoms with E-state index in [4.69, 9.17) is 27.9 Å². The predicted octanol–water partition coefficient (Wildman–Crippen LogP) is 4.84. The van der Waals surface area contributed by atoms with E-state index in [0.29, 0.717) is 40.1 Å². The highest BCUT2D eigenvalue weighted by Crippen LogP contribution is 2.42. The van der Waals surface area contributed by atoms with Crippen molar-refractivity contribution in [3.63, 3.8) is 0 Å². The van der Waals surface area contributed by atoms with Crippen LogP contribution in [0, 0.1) is 0 Å². The summed E-state index contributed by atoms with van der Waals surface area (Å²) in [5, 5.41) is 4.06. The molecule has 0 spiro atoms. The molecule has 4 nitrogen and oxygen atoms in total. The molecule has 0 saturated carbocycles. The van der Waals surface area contributed by atoms with Gasteiger partial charge < -0.3 is 10.1 Å². The highest BCUT2D eigenvalue weighted by molar-refractivity contribution is 6.42. The Balaban J connectivity index is 1.86. The van der Waals surface area contributed by atoms with Crippen molar-refractivity contribution in [2.24, 2.45) is 0 Å². The number of aromatic nitrogens is 1. The number of nitrogens with zero attached hydrogens (tertiary/aromatic N) is 1. The minimum absolute atomic E-state index is 0.194. The second-order valence-corrected chi connectivity index (χ2v) is 7.12. The monoisotopic (exact) mass is 398 g/mol. The van der Waals surface area contributed by atoms with Gasteiger partial charge in [0.05, 0.1) is 16.7 Å². The van der Waals surface area contributed by atoms with E-state index in [0.717, 1.165) is 5.56 Å². The van der Waals surface area contributed by atoms with E-state index in [9.17, 15) is 4.79 Å². The molecule has 2 heterocycles. The van der Waals surface area contributed by atoms with Gasteiger partial charge in [-0.2, -0.15) is 0 Å². The van der Waals surface area contributed by atoms with Gasteiger partial charge in [-0.3, -0.25) is 9.78 Å². The SMILES string of the molecule is O=C(NC1(c2ccc(Cl)c(Cl)c2)CCOc2cccnc21)c1ccccc1. The fourth-order valence-corrected chi connectivity index (χ4v) is 3.65. The molecule has 2 aromatic carbocycles. The number of fused-ring (bicyclic) bond motifs is 1. The lowest BCUT2D eigenvalue weighted by atomic mass is 9.81. The Morgan fingerprint density at radius 2 is 1.85 bits per heavy atom. The van der Waals surface area contributed by atoms with Gasteiger partial charge in [-0.25, -0.2) is 0 Å². The molecule has 3 aromatic rings. The van der Waals surface area contributed by atoms with Crippen LogP contribution in [0.4, 0.5) is 0 Å². The molecule has 1 unspecified atom stereocenters. The van der Waals surface area contributed by atoms with Gasteiger partial charge in [0.15, 0.2) is 0 Å². The predicted molar refractivity (Wildman–Crippen MR) is 105 cm³/mol. The summed E-state index contributed by atoms with van der Waals surface area (Å²) in [7, 11) is 0. The van der Waals surface area contributed by atoms with Gasteiger partial charge >= 0.3 is 0 Å². The van der Waals surface area contributed by atoms with Crippen LogP contribution in [-0.2, 0) is 5.54 Å². The molecule has 1 atom stereocenters. The van der Waals surface area contributed by atoms with Crippen LogP contribution in [-0.4, -0.2) is 17.5 Å². The highest BCUT2D eigenvalue weighted by atomic mass is 35.5. The van der Waals surface area contributed by atoms with E-state index >= 15 is 0 Å². The van der Waals surface area contributed by atoms with Crippen molar-refractivity contribution in [1.82, 2.24) is 10.3 Å². The molecule has 0 bridgehead atoms. The molecule has 1 amide bonds. The number of benzene rings is 2. The first-order chi connectivity index (χ1) is 13.1. The average molecular weight is 399 g/mol. The summed E-state index contributed by atoms with van der Waals surface area (Å²) in [5.74, 6) is 0.448. The van der Waals surface area contributed by atoms with E-state index in [1.165, 1.54) is 0 Å². The van der Waals surface area contributed by atoms with Crippen LogP contribution in [0.5, 0.6) is 5.75 Å². The van der Waals surface area contributed by atoms with Crippen LogP contribution < -0.4 is 10.1 Å². The zero-order valence-corrected chi connectivity index (χ0v) is 15.8. The van der Waals surface area contributed by atoms with Crippen LogP contribution in [0.1, 0.15) is 28.0 Å². The first-order valence-corrected chi connectivity index (χ1v) is 9.27. The van der Waals surface area contributed by atoms with Crippen molar-refractivity contribution >= 4 is 29.1 Å². The largest absolute Gasteiger partial charge is 0.491 e. The molecule has 27 heavy (non-hydrogen) atoms. The number of carbonyl (C=O) groups excluding carboxylic acids is 1. The molecule has 1 N–H and O–H groups in total. The van der Waals surface area contributed by atoms with E-state index in [2.05, 4.69) is 10.3 Å². The molecule has 6 heteroatoms. The van der Waals surface area contributed by atoms with Gasteiger partial charge in [0.1, 0.15) is 17.0 Å². The zero-order chi connectivity index (χ0) is 18.9. The summed E-state index contributed by atoms with van der Waals surface area (Å²) < 4.78 is 5.77. The van der Waals surface area contributed by atoms with Crippen LogP contribution in [0.15, 0.2) is 66.9 Å². The Hall–Kier alpha value is -2.56. The Kier molecular flexibility index (Phi) is 4.77. The average Bonchev–Trinajstić information content (AvgIpc) is 2.71. The molecule has 0 radical (unpaired) electrons. The molecule has 1 aromatic heterocycles. The fourth-order valence-electron chi connectivity index (χ4n) is 3.35. The molecular formula is C21H16Cl2N2O2. The van der Waals surface area contributed by atoms with Crippen molar-refractivity contribution in [3.8, 4) is 5.75 Å². The second-order valence-electron chi connectivity index (χ2n) is 6.30. The Bertz CT molecular complexity index is 994. The summed E-state index contributed by atoms with van der Waals surface area (Å²) in [4.78, 5) is 17.5. The lowest BCUT2D eigenvalue weighted by Gasteiger charge is -2.39. The van der Waals surface area contributed by atoms with Crippen LogP contribution in [0.3, 0.4) is 0 Å². The number of pyridine rings is 1. The Labute approximate surface area is 167 Å². The fraction of sp³-hybridized carbons (Fsp3) is 0.143. The van der Waals surface area contributed by atoms with Crippen LogP contribution in [0.25, 0.3) is 0 Å². The molecule has 0 aliphatic carbocycles. The summed E-state index contributed by atoms with van der Waals surface area (Å²) in [5.41, 5.74) is 1.17. The Morgan fingerprint density at radius 1 is 1.04 bits per heavy atom. The minimum atomic E-state index is -0.865. The molecule has 1 aliphatic rings. The van der Waals surface area contributed by atoms with E-state index in [1.54, 1.807) is 30.5 Å². The highest BCUT2D eigenvalue weighted by Gasteiger charge is 2.42. The Morgan fingerprint density at radius 3 is 2.63 bits per heavy atom. The van der Waals surface area contributed by atoms with Gasteiger partial charge in [0, 0.05) is 18.2 Å².